The van der Waals surface area contributed by atoms with Crippen LogP contribution in [-0.2, 0) is 6.54 Å². The van der Waals surface area contributed by atoms with E-state index in [1.54, 1.807) is 23.3 Å². The predicted octanol–water partition coefficient (Wildman–Crippen LogP) is -0.484. The second-order valence-electron chi connectivity index (χ2n) is 2.36. The molecule has 66 valence electrons. The maximum Gasteiger partial charge on any atom is 0.174 e. The lowest BCUT2D eigenvalue weighted by Gasteiger charge is -2.00. The average Bonchev–Trinajstić information content (AvgIpc) is 2.67. The van der Waals surface area contributed by atoms with E-state index < -0.39 is 0 Å². The molecule has 2 aromatic rings. The minimum absolute atomic E-state index is 0.330. The van der Waals surface area contributed by atoms with E-state index in [0.717, 1.165) is 0 Å². The third-order valence-electron chi connectivity index (χ3n) is 1.57. The molecular weight excluding hydrogens is 168 g/mol. The molecule has 0 saturated heterocycles. The van der Waals surface area contributed by atoms with Crippen molar-refractivity contribution in [3.63, 3.8) is 0 Å². The number of hydrogen-bond donors (Lipinski definition) is 1. The monoisotopic (exact) mass is 176 g/mol. The van der Waals surface area contributed by atoms with Gasteiger partial charge in [-0.1, -0.05) is 0 Å². The van der Waals surface area contributed by atoms with Crippen molar-refractivity contribution < 1.29 is 0 Å². The summed E-state index contributed by atoms with van der Waals surface area (Å²) in [6.07, 6.45) is 6.24. The lowest BCUT2D eigenvalue weighted by Crippen LogP contribution is -2.09. The topological polar surface area (TPSA) is 82.5 Å². The number of hydrogen-bond acceptors (Lipinski definition) is 5. The standard InChI is InChI=1S/C7H8N6/c8-3-6-11-5-12-13(6)7-4-9-1-2-10-7/h1-2,4-5H,3,8H2. The van der Waals surface area contributed by atoms with Crippen molar-refractivity contribution >= 4 is 0 Å². The van der Waals surface area contributed by atoms with Crippen LogP contribution < -0.4 is 5.73 Å². The van der Waals surface area contributed by atoms with E-state index in [1.165, 1.54) is 6.33 Å². The summed E-state index contributed by atoms with van der Waals surface area (Å²) in [5.74, 6) is 1.29. The highest BCUT2D eigenvalue weighted by Gasteiger charge is 2.04. The fraction of sp³-hybridized carbons (Fsp3) is 0.143. The Bertz CT molecular complexity index is 381. The van der Waals surface area contributed by atoms with Crippen molar-refractivity contribution in [2.24, 2.45) is 5.73 Å². The van der Waals surface area contributed by atoms with Crippen LogP contribution in [0, 0.1) is 0 Å². The number of nitrogens with zero attached hydrogens (tertiary/aromatic N) is 5. The van der Waals surface area contributed by atoms with Gasteiger partial charge in [-0.25, -0.2) is 9.97 Å². The molecule has 2 aromatic heterocycles. The van der Waals surface area contributed by atoms with Gasteiger partial charge in [0.05, 0.1) is 12.7 Å². The molecule has 0 aliphatic rings. The van der Waals surface area contributed by atoms with Gasteiger partial charge in [-0.15, -0.1) is 0 Å². The Hall–Kier alpha value is -1.82. The van der Waals surface area contributed by atoms with E-state index in [2.05, 4.69) is 20.1 Å². The predicted molar refractivity (Wildman–Crippen MR) is 44.8 cm³/mol. The fourth-order valence-electron chi connectivity index (χ4n) is 0.997. The SMILES string of the molecule is NCc1ncnn1-c1cnccn1. The van der Waals surface area contributed by atoms with Crippen LogP contribution in [0.3, 0.4) is 0 Å². The molecule has 0 atom stereocenters. The number of rotatable bonds is 2. The van der Waals surface area contributed by atoms with Crippen molar-refractivity contribution in [1.29, 1.82) is 0 Å². The molecule has 2 heterocycles. The fourth-order valence-corrected chi connectivity index (χ4v) is 0.997. The van der Waals surface area contributed by atoms with Crippen LogP contribution in [-0.4, -0.2) is 24.7 Å². The van der Waals surface area contributed by atoms with Crippen molar-refractivity contribution in [2.75, 3.05) is 0 Å². The zero-order chi connectivity index (χ0) is 9.10. The molecule has 0 spiro atoms. The third-order valence-corrected chi connectivity index (χ3v) is 1.57. The highest BCUT2D eigenvalue weighted by Crippen LogP contribution is 2.01. The van der Waals surface area contributed by atoms with Crippen molar-refractivity contribution in [2.45, 2.75) is 6.54 Å². The van der Waals surface area contributed by atoms with Gasteiger partial charge in [0.15, 0.2) is 5.82 Å². The molecule has 0 radical (unpaired) electrons. The Balaban J connectivity index is 2.47. The number of nitrogens with two attached hydrogens (primary N) is 1. The van der Waals surface area contributed by atoms with Gasteiger partial charge in [0, 0.05) is 12.4 Å². The normalized spacial score (nSPS) is 10.2. The Morgan fingerprint density at radius 1 is 1.31 bits per heavy atom. The first kappa shape index (κ1) is 7.81. The van der Waals surface area contributed by atoms with Crippen molar-refractivity contribution in [3.8, 4) is 5.82 Å². The summed E-state index contributed by atoms with van der Waals surface area (Å²) in [7, 11) is 0. The molecule has 0 aliphatic carbocycles. The van der Waals surface area contributed by atoms with Crippen molar-refractivity contribution in [1.82, 2.24) is 24.7 Å². The molecule has 0 unspecified atom stereocenters. The van der Waals surface area contributed by atoms with E-state index in [0.29, 0.717) is 18.2 Å². The lowest BCUT2D eigenvalue weighted by molar-refractivity contribution is 0.764. The van der Waals surface area contributed by atoms with Crippen LogP contribution >= 0.6 is 0 Å². The van der Waals surface area contributed by atoms with E-state index >= 15 is 0 Å². The lowest BCUT2D eigenvalue weighted by atomic mass is 10.6. The van der Waals surface area contributed by atoms with Gasteiger partial charge in [0.1, 0.15) is 12.2 Å². The first-order chi connectivity index (χ1) is 6.42. The summed E-state index contributed by atoms with van der Waals surface area (Å²) in [4.78, 5) is 12.0. The Morgan fingerprint density at radius 2 is 2.23 bits per heavy atom. The van der Waals surface area contributed by atoms with Gasteiger partial charge in [-0.2, -0.15) is 9.78 Å². The van der Waals surface area contributed by atoms with E-state index in [-0.39, 0.29) is 0 Å². The molecule has 0 amide bonds. The second kappa shape index (κ2) is 3.28. The molecule has 0 aromatic carbocycles. The quantitative estimate of drug-likeness (QED) is 0.668. The maximum absolute atomic E-state index is 5.46. The second-order valence-corrected chi connectivity index (χ2v) is 2.36. The highest BCUT2D eigenvalue weighted by molar-refractivity contribution is 5.16. The van der Waals surface area contributed by atoms with Gasteiger partial charge in [-0.05, 0) is 0 Å². The Morgan fingerprint density at radius 3 is 2.92 bits per heavy atom. The molecular formula is C7H8N6. The first-order valence-electron chi connectivity index (χ1n) is 3.77. The van der Waals surface area contributed by atoms with Gasteiger partial charge in [0.25, 0.3) is 0 Å². The minimum atomic E-state index is 0.330. The van der Waals surface area contributed by atoms with Crippen molar-refractivity contribution in [3.05, 3.63) is 30.7 Å². The number of aromatic nitrogens is 5. The Kier molecular flexibility index (Phi) is 1.97. The molecule has 2 N–H and O–H groups in total. The van der Waals surface area contributed by atoms with E-state index in [4.69, 9.17) is 5.73 Å². The largest absolute Gasteiger partial charge is 0.324 e. The molecule has 0 aliphatic heterocycles. The summed E-state index contributed by atoms with van der Waals surface area (Å²) in [6, 6.07) is 0. The minimum Gasteiger partial charge on any atom is -0.324 e. The van der Waals surface area contributed by atoms with E-state index in [1.807, 2.05) is 0 Å². The zero-order valence-electron chi connectivity index (χ0n) is 6.83. The summed E-state index contributed by atoms with van der Waals surface area (Å²) in [6.45, 7) is 0.330. The van der Waals surface area contributed by atoms with Gasteiger partial charge >= 0.3 is 0 Å². The highest BCUT2D eigenvalue weighted by atomic mass is 15.4. The van der Waals surface area contributed by atoms with Gasteiger partial charge in [-0.3, -0.25) is 4.98 Å². The molecule has 6 heteroatoms. The molecule has 2 rings (SSSR count). The molecule has 0 saturated carbocycles. The summed E-state index contributed by atoms with van der Waals surface area (Å²) in [5.41, 5.74) is 5.46. The van der Waals surface area contributed by atoms with Gasteiger partial charge in [0.2, 0.25) is 0 Å². The van der Waals surface area contributed by atoms with Crippen LogP contribution in [0.4, 0.5) is 0 Å². The smallest absolute Gasteiger partial charge is 0.174 e. The molecule has 6 nitrogen and oxygen atoms in total. The van der Waals surface area contributed by atoms with Gasteiger partial charge < -0.3 is 5.73 Å². The average molecular weight is 176 g/mol. The molecule has 0 bridgehead atoms. The molecule has 0 fully saturated rings. The summed E-state index contributed by atoms with van der Waals surface area (Å²) >= 11 is 0. The third kappa shape index (κ3) is 1.38. The van der Waals surface area contributed by atoms with E-state index in [9.17, 15) is 0 Å². The zero-order valence-corrected chi connectivity index (χ0v) is 6.83. The van der Waals surface area contributed by atoms with Crippen LogP contribution in [0.2, 0.25) is 0 Å². The molecule has 13 heavy (non-hydrogen) atoms. The summed E-state index contributed by atoms with van der Waals surface area (Å²) in [5, 5.41) is 3.98. The maximum atomic E-state index is 5.46. The van der Waals surface area contributed by atoms with Crippen LogP contribution in [0.1, 0.15) is 5.82 Å². The van der Waals surface area contributed by atoms with Crippen LogP contribution in [0.15, 0.2) is 24.9 Å². The van der Waals surface area contributed by atoms with Crippen LogP contribution in [0.25, 0.3) is 5.82 Å². The summed E-state index contributed by atoms with van der Waals surface area (Å²) < 4.78 is 1.56. The first-order valence-corrected chi connectivity index (χ1v) is 3.77. The van der Waals surface area contributed by atoms with Crippen LogP contribution in [0.5, 0.6) is 0 Å². The Labute approximate surface area is 74.5 Å².